The molecule has 0 saturated carbocycles. The minimum Gasteiger partial charge on any atom is -0.508 e. The van der Waals surface area contributed by atoms with Crippen molar-refractivity contribution >= 4 is 50.9 Å². The average molecular weight is 829 g/mol. The summed E-state index contributed by atoms with van der Waals surface area (Å²) in [6.45, 7) is 2.09. The van der Waals surface area contributed by atoms with Crippen molar-refractivity contribution in [1.82, 2.24) is 10.3 Å². The molecule has 0 aliphatic carbocycles. The van der Waals surface area contributed by atoms with Gasteiger partial charge in [-0.25, -0.2) is 4.79 Å². The lowest BCUT2D eigenvalue weighted by Gasteiger charge is -2.53. The quantitative estimate of drug-likeness (QED) is 0.0728. The number of benzene rings is 3. The van der Waals surface area contributed by atoms with E-state index in [0.29, 0.717) is 17.9 Å². The van der Waals surface area contributed by atoms with Gasteiger partial charge in [0.15, 0.2) is 29.0 Å². The van der Waals surface area contributed by atoms with E-state index in [4.69, 9.17) is 18.6 Å². The molecule has 5 aromatic rings. The molecule has 58 heavy (non-hydrogen) atoms. The summed E-state index contributed by atoms with van der Waals surface area (Å²) in [5.74, 6) is -0.908. The van der Waals surface area contributed by atoms with E-state index in [1.165, 1.54) is 58.2 Å². The third kappa shape index (κ3) is 8.34. The van der Waals surface area contributed by atoms with Crippen molar-refractivity contribution in [2.75, 3.05) is 24.8 Å². The van der Waals surface area contributed by atoms with Crippen LogP contribution in [0, 0.1) is 11.8 Å². The smallest absolute Gasteiger partial charge is 0.335 e. The number of hydrogen-bond acceptors (Lipinski definition) is 13. The van der Waals surface area contributed by atoms with Gasteiger partial charge in [0.1, 0.15) is 35.4 Å². The van der Waals surface area contributed by atoms with Crippen molar-refractivity contribution in [1.29, 1.82) is 0 Å². The van der Waals surface area contributed by atoms with E-state index in [2.05, 4.69) is 29.4 Å². The molecular weight excluding hydrogens is 785 g/mol. The Hall–Kier alpha value is -4.87. The van der Waals surface area contributed by atoms with Crippen LogP contribution >= 0.6 is 21.6 Å². The number of ether oxygens (including phenoxy) is 3. The molecule has 15 heteroatoms. The number of carboxylic acids is 1. The summed E-state index contributed by atoms with van der Waals surface area (Å²) >= 11 is 0. The van der Waals surface area contributed by atoms with Gasteiger partial charge in [0.25, 0.3) is 0 Å². The Morgan fingerprint density at radius 1 is 1.09 bits per heavy atom. The number of β-amino-alcohol motifs (C(OH)–C–C–N with tert-alkyl or cyclic N) is 1. The normalized spacial score (nSPS) is 27.5. The second-order valence-electron chi connectivity index (χ2n) is 14.5. The van der Waals surface area contributed by atoms with Gasteiger partial charge in [-0.1, -0.05) is 83.1 Å². The number of aldehydes is 1. The third-order valence-electron chi connectivity index (χ3n) is 11.0. The van der Waals surface area contributed by atoms with Crippen molar-refractivity contribution in [3.8, 4) is 22.6 Å². The summed E-state index contributed by atoms with van der Waals surface area (Å²) < 4.78 is 23.9. The van der Waals surface area contributed by atoms with Gasteiger partial charge < -0.3 is 49.4 Å². The van der Waals surface area contributed by atoms with E-state index >= 15 is 0 Å². The number of carbonyl (C=O) groups excluding carboxylic acids is 1. The topological polar surface area (TPSA) is 201 Å². The molecule has 2 aromatic heterocycles. The van der Waals surface area contributed by atoms with Crippen LogP contribution in [-0.2, 0) is 19.1 Å². The number of hydrogen-bond donors (Lipinski definition) is 6. The van der Waals surface area contributed by atoms with Gasteiger partial charge in [-0.15, -0.1) is 0 Å². The highest BCUT2D eigenvalue weighted by Crippen LogP contribution is 2.44. The largest absolute Gasteiger partial charge is 0.508 e. The Labute approximate surface area is 341 Å². The molecule has 2 aliphatic heterocycles. The fourth-order valence-corrected chi connectivity index (χ4v) is 9.80. The van der Waals surface area contributed by atoms with Crippen molar-refractivity contribution in [2.24, 2.45) is 11.8 Å². The molecule has 2 fully saturated rings. The molecule has 0 spiro atoms. The third-order valence-corrected chi connectivity index (χ3v) is 13.1. The van der Waals surface area contributed by atoms with Crippen LogP contribution in [0.15, 0.2) is 113 Å². The summed E-state index contributed by atoms with van der Waals surface area (Å²) in [5, 5.41) is 47.7. The number of allylic oxidation sites excluding steroid dienone is 1. The number of fused-ring (bicyclic) bond motifs is 2. The molecule has 7 rings (SSSR count). The number of H-pyrrole nitrogens is 1. The number of aromatic amines is 1. The molecule has 304 valence electrons. The van der Waals surface area contributed by atoms with Crippen LogP contribution in [-0.4, -0.2) is 92.1 Å². The first kappa shape index (κ1) is 41.3. The zero-order valence-electron chi connectivity index (χ0n) is 31.4. The number of aliphatic hydroxyl groups excluding tert-OH is 1. The monoisotopic (exact) mass is 828 g/mol. The number of rotatable bonds is 10. The number of carbonyl (C=O) groups is 2. The summed E-state index contributed by atoms with van der Waals surface area (Å²) in [4.78, 5) is 42.4. The van der Waals surface area contributed by atoms with Crippen LogP contribution in [0.25, 0.3) is 28.2 Å². The molecule has 4 heterocycles. The van der Waals surface area contributed by atoms with Crippen LogP contribution in [0.2, 0.25) is 0 Å². The number of aromatic nitrogens is 1. The molecule has 2 saturated heterocycles. The number of aromatic hydroxyl groups is 1. The first-order valence-corrected chi connectivity index (χ1v) is 21.2. The molecular formula is C43H44N2O11S2. The summed E-state index contributed by atoms with van der Waals surface area (Å²) in [6, 6.07) is 22.4. The lowest BCUT2D eigenvalue weighted by atomic mass is 9.73. The summed E-state index contributed by atoms with van der Waals surface area (Å²) in [7, 11) is 2.78. The molecule has 0 amide bonds. The minimum atomic E-state index is -2.53. The van der Waals surface area contributed by atoms with Crippen LogP contribution in [0.4, 0.5) is 0 Å². The van der Waals surface area contributed by atoms with E-state index < -0.39 is 42.2 Å². The Morgan fingerprint density at radius 3 is 2.60 bits per heavy atom. The molecule has 8 unspecified atom stereocenters. The zero-order valence-corrected chi connectivity index (χ0v) is 33.1. The molecule has 3 aromatic carbocycles. The first-order chi connectivity index (χ1) is 28.0. The minimum absolute atomic E-state index is 0.00526. The highest BCUT2D eigenvalue weighted by atomic mass is 33.1. The molecule has 6 N–H and O–H groups in total. The van der Waals surface area contributed by atoms with Crippen LogP contribution in [0.5, 0.6) is 11.5 Å². The van der Waals surface area contributed by atoms with Gasteiger partial charge in [-0.3, -0.25) is 9.59 Å². The maximum atomic E-state index is 13.5. The van der Waals surface area contributed by atoms with Gasteiger partial charge in [-0.05, 0) is 77.7 Å². The van der Waals surface area contributed by atoms with Crippen molar-refractivity contribution in [3.05, 3.63) is 125 Å². The zero-order chi connectivity index (χ0) is 40.9. The number of aliphatic hydroxyl groups is 2. The number of aliphatic carboxylic acids is 1. The maximum Gasteiger partial charge on any atom is 0.335 e. The van der Waals surface area contributed by atoms with E-state index in [-0.39, 0.29) is 63.4 Å². The van der Waals surface area contributed by atoms with Crippen LogP contribution < -0.4 is 15.5 Å². The van der Waals surface area contributed by atoms with Gasteiger partial charge in [0.05, 0.1) is 10.9 Å². The summed E-state index contributed by atoms with van der Waals surface area (Å²) in [6.07, 6.45) is 4.27. The van der Waals surface area contributed by atoms with E-state index in [9.17, 15) is 34.8 Å². The van der Waals surface area contributed by atoms with Gasteiger partial charge in [0.2, 0.25) is 6.29 Å². The highest BCUT2D eigenvalue weighted by molar-refractivity contribution is 8.76. The Balaban J connectivity index is 1.21. The predicted molar refractivity (Wildman–Crippen MR) is 221 cm³/mol. The molecule has 2 aliphatic rings. The van der Waals surface area contributed by atoms with E-state index in [1.807, 2.05) is 48.8 Å². The SMILES string of the molecule is CC(CC=Cc1ccccc1)C1CNCC2(O)C(Oc3ccc4c(=O)c(-c5ccc(O)cc5)coc4c3)OC(C(=O)O)C(O)C2(C=O)OCSSCC1c1cc[nH]c1. The maximum absolute atomic E-state index is 13.5. The highest BCUT2D eigenvalue weighted by Gasteiger charge is 2.69. The van der Waals surface area contributed by atoms with Crippen molar-refractivity contribution in [2.45, 2.75) is 49.0 Å². The second-order valence-corrected chi connectivity index (χ2v) is 17.0. The van der Waals surface area contributed by atoms with Gasteiger partial charge in [0, 0.05) is 30.8 Å². The Morgan fingerprint density at radius 2 is 1.88 bits per heavy atom. The Bertz CT molecular complexity index is 2270. The standard InChI is InChI=1S/C43H44N2O11S2/c1-26(6-5-9-27-7-3-2-4-8-27)33-20-45-23-42(52)41(55-31-14-15-32-36(18-31)53-21-34(37(32)48)28-10-12-30(47)13-11-28)56-38(40(50)51)39(49)43(42,24-46)54-25-58-57-22-35(33)29-16-17-44-19-29/h2-5,7-19,21,24,26,33,35,38-39,41,44-45,47,49,52H,6,20,22-23,25H2,1H3,(H,50,51). The number of phenolic OH excluding ortho intramolecular Hbond substituents is 1. The number of carboxylic acid groups (broad SMARTS) is 1. The lowest BCUT2D eigenvalue weighted by molar-refractivity contribution is -0.340. The molecule has 8 atom stereocenters. The fourth-order valence-electron chi connectivity index (χ4n) is 7.73. The van der Waals surface area contributed by atoms with Crippen molar-refractivity contribution in [3.63, 3.8) is 0 Å². The molecule has 0 radical (unpaired) electrons. The second kappa shape index (κ2) is 18.0. The Kier molecular flexibility index (Phi) is 12.8. The first-order valence-electron chi connectivity index (χ1n) is 18.7. The van der Waals surface area contributed by atoms with Gasteiger partial charge >= 0.3 is 5.97 Å². The average Bonchev–Trinajstić information content (AvgIpc) is 3.76. The van der Waals surface area contributed by atoms with Gasteiger partial charge in [-0.2, -0.15) is 0 Å². The fraction of sp³-hybridized carbons (Fsp3) is 0.326. The van der Waals surface area contributed by atoms with E-state index in [0.717, 1.165) is 17.5 Å². The summed E-state index contributed by atoms with van der Waals surface area (Å²) in [5.41, 5.74) is -2.30. The lowest BCUT2D eigenvalue weighted by Crippen LogP contribution is -2.80. The number of phenols is 1. The molecule has 13 nitrogen and oxygen atoms in total. The predicted octanol–water partition coefficient (Wildman–Crippen LogP) is 5.81. The number of nitrogens with one attached hydrogen (secondary N) is 2. The van der Waals surface area contributed by atoms with Crippen molar-refractivity contribution < 1.29 is 48.6 Å². The molecule has 0 bridgehead atoms. The van der Waals surface area contributed by atoms with E-state index in [1.54, 1.807) is 12.1 Å². The van der Waals surface area contributed by atoms with Crippen LogP contribution in [0.1, 0.15) is 30.4 Å². The van der Waals surface area contributed by atoms with Crippen LogP contribution in [0.3, 0.4) is 0 Å².